The molecule has 7 nitrogen and oxygen atoms in total. The van der Waals surface area contributed by atoms with E-state index in [1.807, 2.05) is 12.1 Å². The molecule has 1 spiro atoms. The van der Waals surface area contributed by atoms with Crippen LogP contribution in [0.25, 0.3) is 0 Å². The van der Waals surface area contributed by atoms with Gasteiger partial charge in [0.1, 0.15) is 6.10 Å². The van der Waals surface area contributed by atoms with E-state index < -0.39 is 18.0 Å². The maximum Gasteiger partial charge on any atom is 0.307 e. The van der Waals surface area contributed by atoms with Crippen molar-refractivity contribution >= 4 is 11.9 Å². The van der Waals surface area contributed by atoms with Crippen molar-refractivity contribution < 1.29 is 28.9 Å². The molecule has 2 aliphatic carbocycles. The minimum atomic E-state index is -1.01. The average Bonchev–Trinajstić information content (AvgIpc) is 3.05. The van der Waals surface area contributed by atoms with Gasteiger partial charge >= 0.3 is 11.9 Å². The number of carboxylic acids is 1. The number of carbonyl (C=O) groups excluding carboxylic acids is 1. The van der Waals surface area contributed by atoms with Gasteiger partial charge in [-0.3, -0.25) is 9.59 Å². The van der Waals surface area contributed by atoms with Gasteiger partial charge in [-0.15, -0.1) is 0 Å². The SMILES string of the molecule is COc1ccc2c3c1O[C@H]1[C@@H](OC(=O)CCC(=O)O)C=C[C@H]4[C@@H](C2)N(C)CC[C@@]341. The first-order valence-electron chi connectivity index (χ1n) is 10.1. The monoisotopic (exact) mass is 399 g/mol. The largest absolute Gasteiger partial charge is 0.493 e. The summed E-state index contributed by atoms with van der Waals surface area (Å²) in [5.74, 6) is 0.243. The molecular formula is C22H25NO6. The minimum Gasteiger partial charge on any atom is -0.493 e. The van der Waals surface area contributed by atoms with E-state index in [0.717, 1.165) is 25.1 Å². The second kappa shape index (κ2) is 6.49. The second-order valence-corrected chi connectivity index (χ2v) is 8.47. The molecule has 29 heavy (non-hydrogen) atoms. The number of carboxylic acid groups (broad SMARTS) is 1. The summed E-state index contributed by atoms with van der Waals surface area (Å²) >= 11 is 0. The van der Waals surface area contributed by atoms with Gasteiger partial charge in [0.15, 0.2) is 17.6 Å². The van der Waals surface area contributed by atoms with Gasteiger partial charge < -0.3 is 24.2 Å². The predicted octanol–water partition coefficient (Wildman–Crippen LogP) is 1.92. The minimum absolute atomic E-state index is 0.143. The van der Waals surface area contributed by atoms with Crippen molar-refractivity contribution in [1.29, 1.82) is 0 Å². The Morgan fingerprint density at radius 2 is 2.14 bits per heavy atom. The Bertz CT molecular complexity index is 911. The van der Waals surface area contributed by atoms with Crippen LogP contribution in [0.4, 0.5) is 0 Å². The van der Waals surface area contributed by atoms with Gasteiger partial charge in [-0.25, -0.2) is 0 Å². The molecule has 7 heteroatoms. The van der Waals surface area contributed by atoms with E-state index in [-0.39, 0.29) is 30.3 Å². The van der Waals surface area contributed by atoms with E-state index in [1.54, 1.807) is 7.11 Å². The number of likely N-dealkylation sites (N-methyl/N-ethyl adjacent to an activating group) is 1. The highest BCUT2D eigenvalue weighted by Gasteiger charge is 2.65. The molecular weight excluding hydrogens is 374 g/mol. The lowest BCUT2D eigenvalue weighted by atomic mass is 9.53. The Kier molecular flexibility index (Phi) is 4.13. The van der Waals surface area contributed by atoms with Crippen LogP contribution in [0.2, 0.25) is 0 Å². The second-order valence-electron chi connectivity index (χ2n) is 8.47. The third-order valence-electron chi connectivity index (χ3n) is 7.15. The molecule has 4 aliphatic rings. The Morgan fingerprint density at radius 3 is 2.90 bits per heavy atom. The van der Waals surface area contributed by atoms with Crippen LogP contribution < -0.4 is 9.47 Å². The van der Waals surface area contributed by atoms with Crippen LogP contribution in [0, 0.1) is 5.92 Å². The van der Waals surface area contributed by atoms with Gasteiger partial charge in [0, 0.05) is 22.9 Å². The fourth-order valence-electron chi connectivity index (χ4n) is 5.89. The highest BCUT2D eigenvalue weighted by atomic mass is 16.6. The number of rotatable bonds is 5. The molecule has 0 radical (unpaired) electrons. The molecule has 1 saturated heterocycles. The summed E-state index contributed by atoms with van der Waals surface area (Å²) in [5, 5.41) is 8.84. The lowest BCUT2D eigenvalue weighted by molar-refractivity contribution is -0.157. The topological polar surface area (TPSA) is 85.3 Å². The average molecular weight is 399 g/mol. The number of hydrogen-bond acceptors (Lipinski definition) is 6. The van der Waals surface area contributed by atoms with Crippen molar-refractivity contribution in [1.82, 2.24) is 4.90 Å². The molecule has 1 fully saturated rings. The normalized spacial score (nSPS) is 33.6. The molecule has 0 saturated carbocycles. The lowest BCUT2D eigenvalue weighted by Gasteiger charge is -2.56. The molecule has 2 aliphatic heterocycles. The van der Waals surface area contributed by atoms with Crippen LogP contribution in [0.1, 0.15) is 30.4 Å². The third-order valence-corrected chi connectivity index (χ3v) is 7.15. The van der Waals surface area contributed by atoms with Crippen molar-refractivity contribution in [2.75, 3.05) is 20.7 Å². The fourth-order valence-corrected chi connectivity index (χ4v) is 5.89. The first-order valence-corrected chi connectivity index (χ1v) is 10.1. The van der Waals surface area contributed by atoms with Gasteiger partial charge in [0.25, 0.3) is 0 Å². The molecule has 1 aromatic carbocycles. The summed E-state index contributed by atoms with van der Waals surface area (Å²) in [6.45, 7) is 0.949. The first kappa shape index (κ1) is 18.5. The van der Waals surface area contributed by atoms with E-state index in [0.29, 0.717) is 11.8 Å². The number of likely N-dealkylation sites (tertiary alicyclic amines) is 1. The van der Waals surface area contributed by atoms with Crippen LogP contribution >= 0.6 is 0 Å². The lowest BCUT2D eigenvalue weighted by Crippen LogP contribution is -2.65. The van der Waals surface area contributed by atoms with E-state index in [4.69, 9.17) is 19.3 Å². The molecule has 5 rings (SSSR count). The zero-order valence-electron chi connectivity index (χ0n) is 16.6. The maximum absolute atomic E-state index is 12.3. The summed E-state index contributed by atoms with van der Waals surface area (Å²) in [5.41, 5.74) is 2.25. The number of ether oxygens (including phenoxy) is 3. The number of esters is 1. The number of piperidine rings is 1. The Labute approximate surface area is 169 Å². The standard InChI is InChI=1S/C22H25NO6/c1-23-10-9-22-13-4-6-16(28-18(26)8-7-17(24)25)21(22)29-20-15(27-2)5-3-12(19(20)22)11-14(13)23/h3-6,13-14,16,21H,7-11H2,1-2H3,(H,24,25)/t13-,14+,16-,21-,22-/m0/s1. The van der Waals surface area contributed by atoms with Gasteiger partial charge in [0.2, 0.25) is 0 Å². The molecule has 154 valence electrons. The van der Waals surface area contributed by atoms with Gasteiger partial charge in [0.05, 0.1) is 20.0 Å². The predicted molar refractivity (Wildman–Crippen MR) is 103 cm³/mol. The molecule has 0 aromatic heterocycles. The van der Waals surface area contributed by atoms with Crippen LogP contribution in [0.5, 0.6) is 11.5 Å². The summed E-state index contributed by atoms with van der Waals surface area (Å²) in [6, 6.07) is 4.47. The number of methoxy groups -OCH3 is 1. The summed E-state index contributed by atoms with van der Waals surface area (Å²) < 4.78 is 17.8. The fraction of sp³-hybridized carbons (Fsp3) is 0.545. The van der Waals surface area contributed by atoms with Crippen LogP contribution in [0.15, 0.2) is 24.3 Å². The highest BCUT2D eigenvalue weighted by Crippen LogP contribution is 2.62. The van der Waals surface area contributed by atoms with Crippen LogP contribution in [-0.2, 0) is 26.2 Å². The van der Waals surface area contributed by atoms with E-state index in [1.165, 1.54) is 11.1 Å². The van der Waals surface area contributed by atoms with Crippen molar-refractivity contribution in [3.05, 3.63) is 35.4 Å². The zero-order valence-corrected chi connectivity index (χ0v) is 16.6. The zero-order chi connectivity index (χ0) is 20.3. The van der Waals surface area contributed by atoms with E-state index in [9.17, 15) is 9.59 Å². The smallest absolute Gasteiger partial charge is 0.307 e. The summed E-state index contributed by atoms with van der Waals surface area (Å²) in [6.07, 6.45) is 4.74. The number of carbonyl (C=O) groups is 2. The molecule has 5 atom stereocenters. The van der Waals surface area contributed by atoms with Gasteiger partial charge in [-0.05, 0) is 44.1 Å². The molecule has 0 unspecified atom stereocenters. The highest BCUT2D eigenvalue weighted by molar-refractivity contribution is 5.77. The molecule has 2 heterocycles. The van der Waals surface area contributed by atoms with Crippen LogP contribution in [-0.4, -0.2) is 60.9 Å². The van der Waals surface area contributed by atoms with E-state index in [2.05, 4.69) is 24.1 Å². The Morgan fingerprint density at radius 1 is 1.31 bits per heavy atom. The Balaban J connectivity index is 1.56. The summed E-state index contributed by atoms with van der Waals surface area (Å²) in [7, 11) is 3.81. The van der Waals surface area contributed by atoms with E-state index >= 15 is 0 Å². The van der Waals surface area contributed by atoms with Crippen LogP contribution in [0.3, 0.4) is 0 Å². The van der Waals surface area contributed by atoms with Crippen molar-refractivity contribution in [2.24, 2.45) is 5.92 Å². The quantitative estimate of drug-likeness (QED) is 0.598. The summed E-state index contributed by atoms with van der Waals surface area (Å²) in [4.78, 5) is 25.5. The maximum atomic E-state index is 12.3. The number of aliphatic carboxylic acids is 1. The molecule has 2 bridgehead atoms. The van der Waals surface area contributed by atoms with Gasteiger partial charge in [-0.1, -0.05) is 12.1 Å². The van der Waals surface area contributed by atoms with Crippen molar-refractivity contribution in [3.63, 3.8) is 0 Å². The third kappa shape index (κ3) is 2.53. The number of hydrogen-bond donors (Lipinski definition) is 1. The molecule has 1 aromatic rings. The van der Waals surface area contributed by atoms with Gasteiger partial charge in [-0.2, -0.15) is 0 Å². The number of nitrogens with zero attached hydrogens (tertiary/aromatic N) is 1. The van der Waals surface area contributed by atoms with Crippen molar-refractivity contribution in [2.45, 2.75) is 49.3 Å². The molecule has 0 amide bonds. The first-order chi connectivity index (χ1) is 14.0. The Hall–Kier alpha value is -2.54. The number of benzene rings is 1. The van der Waals surface area contributed by atoms with Crippen molar-refractivity contribution in [3.8, 4) is 11.5 Å². The molecule has 1 N–H and O–H groups in total.